The second-order valence-electron chi connectivity index (χ2n) is 4.80. The monoisotopic (exact) mass is 439 g/mol. The summed E-state index contributed by atoms with van der Waals surface area (Å²) in [7, 11) is 0. The standard InChI is InChI=1S/C15H22ClN3O2.HI/c1-3-19(4-2)15(17)18-10-11-8-12(16)14-13(9-11)20-6-5-7-21-14;/h8-9H,3-7,10H2,1-2H3,(H2,17,18);1H. The molecule has 2 N–H and O–H groups in total. The van der Waals surface area contributed by atoms with Gasteiger partial charge in [-0.25, -0.2) is 4.99 Å². The lowest BCUT2D eigenvalue weighted by molar-refractivity contribution is 0.297. The molecule has 7 heteroatoms. The SMILES string of the molecule is CCN(CC)C(N)=NCc1cc(Cl)c2c(c1)OCCCO2.I. The van der Waals surface area contributed by atoms with Gasteiger partial charge in [-0.3, -0.25) is 0 Å². The van der Waals surface area contributed by atoms with E-state index in [9.17, 15) is 0 Å². The number of ether oxygens (including phenoxy) is 2. The van der Waals surface area contributed by atoms with E-state index in [0.29, 0.717) is 42.2 Å². The molecule has 0 aliphatic carbocycles. The van der Waals surface area contributed by atoms with Gasteiger partial charge in [-0.2, -0.15) is 0 Å². The molecule has 0 saturated carbocycles. The fourth-order valence-electron chi connectivity index (χ4n) is 2.20. The lowest BCUT2D eigenvalue weighted by Crippen LogP contribution is -2.37. The first-order chi connectivity index (χ1) is 10.2. The molecule has 0 aromatic heterocycles. The van der Waals surface area contributed by atoms with Crippen molar-refractivity contribution < 1.29 is 9.47 Å². The Kier molecular flexibility index (Phi) is 8.09. The summed E-state index contributed by atoms with van der Waals surface area (Å²) in [5.74, 6) is 1.86. The van der Waals surface area contributed by atoms with Crippen LogP contribution in [0.2, 0.25) is 5.02 Å². The van der Waals surface area contributed by atoms with Gasteiger partial charge in [-0.1, -0.05) is 11.6 Å². The van der Waals surface area contributed by atoms with Crippen LogP contribution in [0.4, 0.5) is 0 Å². The Bertz CT molecular complexity index is 522. The molecule has 0 radical (unpaired) electrons. The summed E-state index contributed by atoms with van der Waals surface area (Å²) >= 11 is 6.26. The van der Waals surface area contributed by atoms with Crippen molar-refractivity contribution in [3.63, 3.8) is 0 Å². The highest BCUT2D eigenvalue weighted by molar-refractivity contribution is 14.0. The van der Waals surface area contributed by atoms with Gasteiger partial charge in [0, 0.05) is 19.5 Å². The van der Waals surface area contributed by atoms with Crippen LogP contribution in [0.15, 0.2) is 17.1 Å². The number of aliphatic imine (C=N–C) groups is 1. The van der Waals surface area contributed by atoms with Crippen LogP contribution in [0, 0.1) is 0 Å². The summed E-state index contributed by atoms with van der Waals surface area (Å²) in [6.45, 7) is 7.52. The van der Waals surface area contributed by atoms with Gasteiger partial charge >= 0.3 is 0 Å². The highest BCUT2D eigenvalue weighted by Crippen LogP contribution is 2.38. The smallest absolute Gasteiger partial charge is 0.191 e. The van der Waals surface area contributed by atoms with Crippen molar-refractivity contribution in [2.24, 2.45) is 10.7 Å². The van der Waals surface area contributed by atoms with Crippen LogP contribution >= 0.6 is 35.6 Å². The Morgan fingerprint density at radius 2 is 1.95 bits per heavy atom. The zero-order valence-electron chi connectivity index (χ0n) is 13.0. The van der Waals surface area contributed by atoms with Crippen LogP contribution in [-0.4, -0.2) is 37.2 Å². The Hall–Kier alpha value is -0.890. The van der Waals surface area contributed by atoms with Crippen molar-refractivity contribution >= 4 is 41.5 Å². The molecule has 0 spiro atoms. The van der Waals surface area contributed by atoms with Crippen molar-refractivity contribution in [3.05, 3.63) is 22.7 Å². The zero-order chi connectivity index (χ0) is 15.2. The Labute approximate surface area is 153 Å². The van der Waals surface area contributed by atoms with Crippen LogP contribution in [0.1, 0.15) is 25.8 Å². The molecule has 1 aromatic rings. The molecule has 22 heavy (non-hydrogen) atoms. The van der Waals surface area contributed by atoms with E-state index in [1.807, 2.05) is 17.0 Å². The average molecular weight is 440 g/mol. The minimum atomic E-state index is 0. The molecule has 1 aliphatic rings. The molecule has 0 atom stereocenters. The Morgan fingerprint density at radius 3 is 2.64 bits per heavy atom. The third-order valence-electron chi connectivity index (χ3n) is 3.37. The number of rotatable bonds is 4. The average Bonchev–Trinajstić information content (AvgIpc) is 2.72. The molecular formula is C15H23ClIN3O2. The van der Waals surface area contributed by atoms with Gasteiger partial charge in [0.2, 0.25) is 0 Å². The molecule has 1 heterocycles. The van der Waals surface area contributed by atoms with Gasteiger partial charge in [0.1, 0.15) is 0 Å². The number of fused-ring (bicyclic) bond motifs is 1. The lowest BCUT2D eigenvalue weighted by Gasteiger charge is -2.19. The van der Waals surface area contributed by atoms with Crippen molar-refractivity contribution in [2.45, 2.75) is 26.8 Å². The van der Waals surface area contributed by atoms with E-state index >= 15 is 0 Å². The summed E-state index contributed by atoms with van der Waals surface area (Å²) in [4.78, 5) is 6.42. The van der Waals surface area contributed by atoms with E-state index in [4.69, 9.17) is 26.8 Å². The van der Waals surface area contributed by atoms with Crippen LogP contribution in [0.3, 0.4) is 0 Å². The van der Waals surface area contributed by atoms with E-state index < -0.39 is 0 Å². The quantitative estimate of drug-likeness (QED) is 0.444. The largest absolute Gasteiger partial charge is 0.489 e. The van der Waals surface area contributed by atoms with Crippen LogP contribution in [0.25, 0.3) is 0 Å². The molecule has 5 nitrogen and oxygen atoms in total. The van der Waals surface area contributed by atoms with E-state index in [2.05, 4.69) is 18.8 Å². The first-order valence-electron chi connectivity index (χ1n) is 7.28. The Balaban J connectivity index is 0.00000242. The van der Waals surface area contributed by atoms with Crippen LogP contribution in [-0.2, 0) is 6.54 Å². The molecule has 0 saturated heterocycles. The maximum absolute atomic E-state index is 6.26. The van der Waals surface area contributed by atoms with E-state index in [0.717, 1.165) is 25.1 Å². The molecule has 2 rings (SSSR count). The van der Waals surface area contributed by atoms with Crippen molar-refractivity contribution in [1.82, 2.24) is 4.90 Å². The van der Waals surface area contributed by atoms with Crippen LogP contribution in [0.5, 0.6) is 11.5 Å². The molecule has 124 valence electrons. The Morgan fingerprint density at radius 1 is 1.27 bits per heavy atom. The highest BCUT2D eigenvalue weighted by Gasteiger charge is 2.15. The molecule has 0 bridgehead atoms. The number of nitrogens with zero attached hydrogens (tertiary/aromatic N) is 2. The van der Waals surface area contributed by atoms with E-state index in [-0.39, 0.29) is 24.0 Å². The first kappa shape index (κ1) is 19.2. The van der Waals surface area contributed by atoms with Crippen molar-refractivity contribution in [1.29, 1.82) is 0 Å². The summed E-state index contributed by atoms with van der Waals surface area (Å²) < 4.78 is 11.3. The highest BCUT2D eigenvalue weighted by atomic mass is 127. The zero-order valence-corrected chi connectivity index (χ0v) is 16.1. The predicted octanol–water partition coefficient (Wildman–Crippen LogP) is 3.28. The van der Waals surface area contributed by atoms with Gasteiger partial charge in [-0.15, -0.1) is 24.0 Å². The molecule has 1 aromatic carbocycles. The fourth-order valence-corrected chi connectivity index (χ4v) is 2.48. The third kappa shape index (κ3) is 4.81. The van der Waals surface area contributed by atoms with Gasteiger partial charge in [0.15, 0.2) is 17.5 Å². The minimum Gasteiger partial charge on any atom is -0.489 e. The van der Waals surface area contributed by atoms with Gasteiger partial charge in [0.25, 0.3) is 0 Å². The number of benzene rings is 1. The maximum Gasteiger partial charge on any atom is 0.191 e. The first-order valence-corrected chi connectivity index (χ1v) is 7.66. The number of hydrogen-bond acceptors (Lipinski definition) is 3. The second kappa shape index (κ2) is 9.29. The number of hydrogen-bond donors (Lipinski definition) is 1. The van der Waals surface area contributed by atoms with Crippen molar-refractivity contribution in [3.8, 4) is 11.5 Å². The molecule has 0 unspecified atom stereocenters. The summed E-state index contributed by atoms with van der Waals surface area (Å²) in [6, 6.07) is 3.78. The number of nitrogens with two attached hydrogens (primary N) is 1. The molecule has 0 amide bonds. The summed E-state index contributed by atoms with van der Waals surface area (Å²) in [5.41, 5.74) is 6.93. The topological polar surface area (TPSA) is 60.1 Å². The van der Waals surface area contributed by atoms with Gasteiger partial charge in [0.05, 0.1) is 24.8 Å². The maximum atomic E-state index is 6.26. The van der Waals surface area contributed by atoms with E-state index in [1.54, 1.807) is 0 Å². The molecule has 0 fully saturated rings. The van der Waals surface area contributed by atoms with Crippen LogP contribution < -0.4 is 15.2 Å². The van der Waals surface area contributed by atoms with Gasteiger partial charge < -0.3 is 20.1 Å². The lowest BCUT2D eigenvalue weighted by atomic mass is 10.2. The van der Waals surface area contributed by atoms with Gasteiger partial charge in [-0.05, 0) is 31.5 Å². The second-order valence-corrected chi connectivity index (χ2v) is 5.21. The normalized spacial score (nSPS) is 14.0. The number of guanidine groups is 1. The molecule has 1 aliphatic heterocycles. The van der Waals surface area contributed by atoms with E-state index in [1.165, 1.54) is 0 Å². The van der Waals surface area contributed by atoms with Crippen molar-refractivity contribution in [2.75, 3.05) is 26.3 Å². The third-order valence-corrected chi connectivity index (χ3v) is 3.65. The number of halogens is 2. The summed E-state index contributed by atoms with van der Waals surface area (Å²) in [5, 5.41) is 0.556. The predicted molar refractivity (Wildman–Crippen MR) is 101 cm³/mol. The minimum absolute atomic E-state index is 0. The summed E-state index contributed by atoms with van der Waals surface area (Å²) in [6.07, 6.45) is 0.855. The molecular weight excluding hydrogens is 417 g/mol. The fraction of sp³-hybridized carbons (Fsp3) is 0.533.